The average Bonchev–Trinajstić information content (AvgIpc) is 2.90. The number of fused-ring (bicyclic) bond motifs is 1. The van der Waals surface area contributed by atoms with Gasteiger partial charge in [0.25, 0.3) is 0 Å². The summed E-state index contributed by atoms with van der Waals surface area (Å²) in [4.78, 5) is 4.14. The summed E-state index contributed by atoms with van der Waals surface area (Å²) >= 11 is 0. The SMILES string of the molecule is Nc1nn([C@@H]2O[C@H](CO)[C@@H](O)[C@@H]2O)c2ncccc12. The van der Waals surface area contributed by atoms with Crippen LogP contribution in [0.15, 0.2) is 18.3 Å². The maximum Gasteiger partial charge on any atom is 0.181 e. The molecule has 0 bridgehead atoms. The van der Waals surface area contributed by atoms with Crippen molar-refractivity contribution < 1.29 is 20.1 Å². The Morgan fingerprint density at radius 1 is 1.37 bits per heavy atom. The molecule has 1 saturated heterocycles. The quantitative estimate of drug-likeness (QED) is 0.528. The number of nitrogens with two attached hydrogens (primary N) is 1. The van der Waals surface area contributed by atoms with Gasteiger partial charge in [-0.1, -0.05) is 0 Å². The average molecular weight is 266 g/mol. The van der Waals surface area contributed by atoms with E-state index in [1.165, 1.54) is 4.68 Å². The van der Waals surface area contributed by atoms with Crippen LogP contribution in [0.4, 0.5) is 5.82 Å². The summed E-state index contributed by atoms with van der Waals surface area (Å²) in [5.41, 5.74) is 6.22. The van der Waals surface area contributed by atoms with E-state index < -0.39 is 31.1 Å². The number of ether oxygens (including phenoxy) is 1. The first-order chi connectivity index (χ1) is 9.13. The summed E-state index contributed by atoms with van der Waals surface area (Å²) in [6.45, 7) is -0.392. The van der Waals surface area contributed by atoms with Crippen molar-refractivity contribution in [3.05, 3.63) is 18.3 Å². The molecule has 3 rings (SSSR count). The second-order valence-corrected chi connectivity index (χ2v) is 4.43. The van der Waals surface area contributed by atoms with Crippen molar-refractivity contribution in [3.63, 3.8) is 0 Å². The topological polar surface area (TPSA) is 127 Å². The van der Waals surface area contributed by atoms with E-state index >= 15 is 0 Å². The molecule has 1 aliphatic heterocycles. The van der Waals surface area contributed by atoms with Gasteiger partial charge in [-0.25, -0.2) is 9.67 Å². The third-order valence-electron chi connectivity index (χ3n) is 3.25. The highest BCUT2D eigenvalue weighted by Gasteiger charge is 2.44. The monoisotopic (exact) mass is 266 g/mol. The van der Waals surface area contributed by atoms with Crippen LogP contribution in [0, 0.1) is 0 Å². The van der Waals surface area contributed by atoms with E-state index in [9.17, 15) is 10.2 Å². The number of aliphatic hydroxyl groups excluding tert-OH is 3. The molecule has 1 fully saturated rings. The molecule has 0 aromatic carbocycles. The van der Waals surface area contributed by atoms with E-state index in [4.69, 9.17) is 15.6 Å². The molecule has 0 radical (unpaired) electrons. The van der Waals surface area contributed by atoms with Gasteiger partial charge in [0, 0.05) is 6.20 Å². The van der Waals surface area contributed by atoms with Gasteiger partial charge in [0.2, 0.25) is 0 Å². The Kier molecular flexibility index (Phi) is 2.86. The highest BCUT2D eigenvalue weighted by molar-refractivity contribution is 5.86. The summed E-state index contributed by atoms with van der Waals surface area (Å²) in [7, 11) is 0. The van der Waals surface area contributed by atoms with Gasteiger partial charge in [0.15, 0.2) is 17.7 Å². The van der Waals surface area contributed by atoms with Crippen LogP contribution in [-0.2, 0) is 4.74 Å². The lowest BCUT2D eigenvalue weighted by Crippen LogP contribution is -2.33. The van der Waals surface area contributed by atoms with Crippen LogP contribution in [-0.4, -0.2) is 55.0 Å². The number of anilines is 1. The van der Waals surface area contributed by atoms with Gasteiger partial charge in [0.05, 0.1) is 12.0 Å². The van der Waals surface area contributed by atoms with Crippen LogP contribution in [0.5, 0.6) is 0 Å². The summed E-state index contributed by atoms with van der Waals surface area (Å²) in [6, 6.07) is 3.48. The predicted octanol–water partition coefficient (Wildman–Crippen LogP) is -1.37. The van der Waals surface area contributed by atoms with Gasteiger partial charge in [-0.3, -0.25) is 0 Å². The molecule has 2 aromatic heterocycles. The number of nitrogen functional groups attached to an aromatic ring is 1. The lowest BCUT2D eigenvalue weighted by Gasteiger charge is -2.15. The fraction of sp³-hybridized carbons (Fsp3) is 0.455. The van der Waals surface area contributed by atoms with Crippen LogP contribution in [0.2, 0.25) is 0 Å². The highest BCUT2D eigenvalue weighted by Crippen LogP contribution is 2.32. The Morgan fingerprint density at radius 3 is 2.84 bits per heavy atom. The largest absolute Gasteiger partial charge is 0.394 e. The van der Waals surface area contributed by atoms with Crippen molar-refractivity contribution in [3.8, 4) is 0 Å². The molecule has 3 heterocycles. The fourth-order valence-corrected chi connectivity index (χ4v) is 2.26. The van der Waals surface area contributed by atoms with Gasteiger partial charge in [-0.05, 0) is 12.1 Å². The van der Waals surface area contributed by atoms with E-state index in [2.05, 4.69) is 10.1 Å². The molecule has 0 amide bonds. The lowest BCUT2D eigenvalue weighted by atomic mass is 10.1. The van der Waals surface area contributed by atoms with E-state index in [-0.39, 0.29) is 5.82 Å². The first-order valence-corrected chi connectivity index (χ1v) is 5.84. The van der Waals surface area contributed by atoms with Gasteiger partial charge < -0.3 is 25.8 Å². The molecule has 102 valence electrons. The number of nitrogens with zero attached hydrogens (tertiary/aromatic N) is 3. The Balaban J connectivity index is 2.06. The molecule has 8 heteroatoms. The Labute approximate surface area is 108 Å². The van der Waals surface area contributed by atoms with Crippen molar-refractivity contribution in [2.45, 2.75) is 24.5 Å². The molecule has 19 heavy (non-hydrogen) atoms. The minimum Gasteiger partial charge on any atom is -0.394 e. The van der Waals surface area contributed by atoms with Gasteiger partial charge in [0.1, 0.15) is 18.3 Å². The number of hydrogen-bond acceptors (Lipinski definition) is 7. The molecule has 1 aliphatic rings. The van der Waals surface area contributed by atoms with Gasteiger partial charge in [-0.2, -0.15) is 5.10 Å². The van der Waals surface area contributed by atoms with E-state index in [1.54, 1.807) is 18.3 Å². The van der Waals surface area contributed by atoms with Crippen LogP contribution < -0.4 is 5.73 Å². The predicted molar refractivity (Wildman–Crippen MR) is 64.9 cm³/mol. The van der Waals surface area contributed by atoms with Crippen molar-refractivity contribution >= 4 is 16.9 Å². The molecule has 2 aromatic rings. The fourth-order valence-electron chi connectivity index (χ4n) is 2.26. The van der Waals surface area contributed by atoms with E-state index in [1.807, 2.05) is 0 Å². The minimum atomic E-state index is -1.21. The minimum absolute atomic E-state index is 0.265. The zero-order valence-corrected chi connectivity index (χ0v) is 9.92. The molecule has 0 saturated carbocycles. The Hall–Kier alpha value is -1.74. The summed E-state index contributed by atoms with van der Waals surface area (Å²) in [6.07, 6.45) is -2.60. The molecule has 0 unspecified atom stereocenters. The molecule has 5 N–H and O–H groups in total. The number of hydrogen-bond donors (Lipinski definition) is 4. The molecular formula is C11H14N4O4. The summed E-state index contributed by atoms with van der Waals surface area (Å²) in [5.74, 6) is 0.265. The Morgan fingerprint density at radius 2 is 2.16 bits per heavy atom. The van der Waals surface area contributed by atoms with Crippen LogP contribution >= 0.6 is 0 Å². The third kappa shape index (κ3) is 1.77. The summed E-state index contributed by atoms with van der Waals surface area (Å²) in [5, 5.41) is 33.5. The Bertz CT molecular complexity index is 601. The van der Waals surface area contributed by atoms with Crippen molar-refractivity contribution in [1.82, 2.24) is 14.8 Å². The second kappa shape index (κ2) is 4.42. The molecular weight excluding hydrogens is 252 g/mol. The summed E-state index contributed by atoms with van der Waals surface area (Å²) < 4.78 is 6.73. The zero-order chi connectivity index (χ0) is 13.6. The normalized spacial score (nSPS) is 31.1. The smallest absolute Gasteiger partial charge is 0.181 e. The zero-order valence-electron chi connectivity index (χ0n) is 9.92. The third-order valence-corrected chi connectivity index (χ3v) is 3.25. The number of rotatable bonds is 2. The first-order valence-electron chi connectivity index (χ1n) is 5.84. The molecule has 8 nitrogen and oxygen atoms in total. The highest BCUT2D eigenvalue weighted by atomic mass is 16.6. The number of pyridine rings is 1. The van der Waals surface area contributed by atoms with E-state index in [0.29, 0.717) is 11.0 Å². The molecule has 4 atom stereocenters. The maximum atomic E-state index is 9.97. The lowest BCUT2D eigenvalue weighted by molar-refractivity contribution is -0.0565. The van der Waals surface area contributed by atoms with Crippen molar-refractivity contribution in [1.29, 1.82) is 0 Å². The first kappa shape index (κ1) is 12.3. The standard InChI is InChI=1S/C11H14N4O4/c12-9-5-2-1-3-13-10(5)15(14-9)11-8(18)7(17)6(4-16)19-11/h1-3,6-8,11,16-18H,4H2,(H2,12,14)/t6-,7-,8+,11-/m1/s1. The van der Waals surface area contributed by atoms with Gasteiger partial charge >= 0.3 is 0 Å². The van der Waals surface area contributed by atoms with Crippen LogP contribution in [0.25, 0.3) is 11.0 Å². The number of aliphatic hydroxyl groups is 3. The maximum absolute atomic E-state index is 9.97. The van der Waals surface area contributed by atoms with Gasteiger partial charge in [-0.15, -0.1) is 0 Å². The van der Waals surface area contributed by atoms with E-state index in [0.717, 1.165) is 0 Å². The van der Waals surface area contributed by atoms with Crippen LogP contribution in [0.3, 0.4) is 0 Å². The molecule has 0 spiro atoms. The van der Waals surface area contributed by atoms with Crippen molar-refractivity contribution in [2.75, 3.05) is 12.3 Å². The van der Waals surface area contributed by atoms with Crippen molar-refractivity contribution in [2.24, 2.45) is 0 Å². The molecule has 0 aliphatic carbocycles. The second-order valence-electron chi connectivity index (χ2n) is 4.43. The van der Waals surface area contributed by atoms with Crippen LogP contribution in [0.1, 0.15) is 6.23 Å². The number of aromatic nitrogens is 3.